The summed E-state index contributed by atoms with van der Waals surface area (Å²) < 4.78 is 1.97. The van der Waals surface area contributed by atoms with Crippen molar-refractivity contribution in [1.29, 1.82) is 0 Å². The number of nitrogens with one attached hydrogen (secondary N) is 1. The van der Waals surface area contributed by atoms with Gasteiger partial charge >= 0.3 is 0 Å². The molecule has 4 rings (SSSR count). The quantitative estimate of drug-likeness (QED) is 0.844. The molecule has 1 aromatic heterocycles. The largest absolute Gasteiger partial charge is 0.337 e. The second kappa shape index (κ2) is 9.08. The first-order chi connectivity index (χ1) is 14.1. The zero-order chi connectivity index (χ0) is 20.2. The van der Waals surface area contributed by atoms with Crippen LogP contribution in [0.4, 0.5) is 0 Å². The number of carbonyl (C=O) groups excluding carboxylic acids is 1. The lowest BCUT2D eigenvalue weighted by Crippen LogP contribution is -2.39. The maximum atomic E-state index is 13.0. The number of rotatable bonds is 5. The molecule has 0 unspecified atom stereocenters. The van der Waals surface area contributed by atoms with Crippen LogP contribution in [0.1, 0.15) is 65.5 Å². The fraction of sp³-hybridized carbons (Fsp3) is 0.609. The van der Waals surface area contributed by atoms with Crippen LogP contribution in [0.25, 0.3) is 0 Å². The molecule has 0 bridgehead atoms. The third kappa shape index (κ3) is 4.69. The summed E-state index contributed by atoms with van der Waals surface area (Å²) in [6.07, 6.45) is 6.59. The molecule has 0 radical (unpaired) electrons. The first-order valence-electron chi connectivity index (χ1n) is 11.1. The van der Waals surface area contributed by atoms with Crippen molar-refractivity contribution in [3.63, 3.8) is 0 Å². The van der Waals surface area contributed by atoms with E-state index < -0.39 is 0 Å². The summed E-state index contributed by atoms with van der Waals surface area (Å²) in [7, 11) is 0. The lowest BCUT2D eigenvalue weighted by atomic mass is 9.90. The van der Waals surface area contributed by atoms with E-state index in [1.807, 2.05) is 16.5 Å². The van der Waals surface area contributed by atoms with Crippen molar-refractivity contribution >= 4 is 5.91 Å². The Balaban J connectivity index is 1.30. The minimum Gasteiger partial charge on any atom is -0.337 e. The van der Waals surface area contributed by atoms with Crippen molar-refractivity contribution in [1.82, 2.24) is 25.2 Å². The molecule has 6 heteroatoms. The van der Waals surface area contributed by atoms with Crippen LogP contribution in [0, 0.1) is 19.8 Å². The number of aryl methyl sites for hydroxylation is 2. The topological polar surface area (TPSA) is 63.1 Å². The number of hydrogen-bond donors (Lipinski definition) is 1. The summed E-state index contributed by atoms with van der Waals surface area (Å²) in [5.74, 6) is 0.756. The van der Waals surface area contributed by atoms with E-state index in [9.17, 15) is 4.79 Å². The fourth-order valence-electron chi connectivity index (χ4n) is 4.64. The first-order valence-corrected chi connectivity index (χ1v) is 11.1. The Kier molecular flexibility index (Phi) is 6.28. The number of carbonyl (C=O) groups is 1. The average molecular weight is 396 g/mol. The van der Waals surface area contributed by atoms with Crippen LogP contribution in [0.2, 0.25) is 0 Å². The van der Waals surface area contributed by atoms with Gasteiger partial charge in [-0.15, -0.1) is 5.10 Å². The van der Waals surface area contributed by atoms with Gasteiger partial charge in [0.1, 0.15) is 0 Å². The van der Waals surface area contributed by atoms with Gasteiger partial charge in [0.25, 0.3) is 5.91 Å². The third-order valence-electron chi connectivity index (χ3n) is 6.65. The predicted octanol–water partition coefficient (Wildman–Crippen LogP) is 3.30. The molecule has 0 atom stereocenters. The summed E-state index contributed by atoms with van der Waals surface area (Å²) in [5, 5.41) is 12.0. The number of benzene rings is 1. The average Bonchev–Trinajstić information content (AvgIpc) is 3.15. The Bertz CT molecular complexity index is 814. The highest BCUT2D eigenvalue weighted by Crippen LogP contribution is 2.25. The highest BCUT2D eigenvalue weighted by atomic mass is 16.2. The zero-order valence-corrected chi connectivity index (χ0v) is 17.7. The molecule has 1 aromatic carbocycles. The van der Waals surface area contributed by atoms with Crippen molar-refractivity contribution in [3.8, 4) is 0 Å². The highest BCUT2D eigenvalue weighted by Gasteiger charge is 2.28. The molecule has 0 saturated carbocycles. The van der Waals surface area contributed by atoms with Crippen molar-refractivity contribution in [2.24, 2.45) is 5.92 Å². The van der Waals surface area contributed by atoms with Gasteiger partial charge in [0.15, 0.2) is 5.69 Å². The van der Waals surface area contributed by atoms with E-state index in [0.717, 1.165) is 64.0 Å². The molecule has 2 aliphatic rings. The lowest BCUT2D eigenvalue weighted by Gasteiger charge is -2.31. The Hall–Kier alpha value is -2.21. The van der Waals surface area contributed by atoms with Crippen molar-refractivity contribution in [2.45, 2.75) is 58.4 Å². The van der Waals surface area contributed by atoms with Crippen LogP contribution < -0.4 is 5.32 Å². The Labute approximate surface area is 173 Å². The van der Waals surface area contributed by atoms with Crippen LogP contribution in [-0.4, -0.2) is 52.0 Å². The molecule has 3 heterocycles. The Morgan fingerprint density at radius 3 is 2.45 bits per heavy atom. The number of likely N-dealkylation sites (tertiary alicyclic amines) is 1. The number of aromatic nitrogens is 3. The lowest BCUT2D eigenvalue weighted by molar-refractivity contribution is 0.0680. The predicted molar refractivity (Wildman–Crippen MR) is 114 cm³/mol. The normalized spacial score (nSPS) is 18.9. The molecular weight excluding hydrogens is 362 g/mol. The van der Waals surface area contributed by atoms with E-state index in [1.54, 1.807) is 0 Å². The molecule has 1 amide bonds. The Morgan fingerprint density at radius 2 is 1.76 bits per heavy atom. The maximum absolute atomic E-state index is 13.0. The highest BCUT2D eigenvalue weighted by molar-refractivity contribution is 5.93. The van der Waals surface area contributed by atoms with E-state index in [-0.39, 0.29) is 5.91 Å². The molecule has 2 aliphatic heterocycles. The second-order valence-electron chi connectivity index (χ2n) is 8.71. The number of amides is 1. The summed E-state index contributed by atoms with van der Waals surface area (Å²) in [6.45, 7) is 7.79. The third-order valence-corrected chi connectivity index (χ3v) is 6.65. The first kappa shape index (κ1) is 20.1. The van der Waals surface area contributed by atoms with Gasteiger partial charge in [0.05, 0.1) is 11.7 Å². The molecule has 156 valence electrons. The summed E-state index contributed by atoms with van der Waals surface area (Å²) in [4.78, 5) is 15.0. The summed E-state index contributed by atoms with van der Waals surface area (Å²) in [6, 6.07) is 9.22. The van der Waals surface area contributed by atoms with Crippen LogP contribution in [0.3, 0.4) is 0 Å². The summed E-state index contributed by atoms with van der Waals surface area (Å²) in [5.41, 5.74) is 4.19. The minimum atomic E-state index is 0.0552. The molecule has 0 spiro atoms. The van der Waals surface area contributed by atoms with Gasteiger partial charge in [0.2, 0.25) is 0 Å². The minimum absolute atomic E-state index is 0.0552. The van der Waals surface area contributed by atoms with Gasteiger partial charge in [-0.05, 0) is 76.9 Å². The van der Waals surface area contributed by atoms with Crippen LogP contribution in [-0.2, 0) is 6.42 Å². The Morgan fingerprint density at radius 1 is 1.07 bits per heavy atom. The molecule has 2 fully saturated rings. The van der Waals surface area contributed by atoms with Gasteiger partial charge < -0.3 is 10.2 Å². The van der Waals surface area contributed by atoms with Crippen molar-refractivity contribution in [2.75, 3.05) is 26.2 Å². The van der Waals surface area contributed by atoms with E-state index in [2.05, 4.69) is 46.8 Å². The van der Waals surface area contributed by atoms with Crippen LogP contribution in [0.15, 0.2) is 24.3 Å². The monoisotopic (exact) mass is 395 g/mol. The van der Waals surface area contributed by atoms with Gasteiger partial charge in [-0.1, -0.05) is 35.0 Å². The molecule has 6 nitrogen and oxygen atoms in total. The number of piperidine rings is 2. The number of hydrogen-bond acceptors (Lipinski definition) is 4. The van der Waals surface area contributed by atoms with E-state index in [0.29, 0.717) is 17.7 Å². The molecule has 1 N–H and O–H groups in total. The van der Waals surface area contributed by atoms with E-state index in [1.165, 1.54) is 17.5 Å². The van der Waals surface area contributed by atoms with Crippen molar-refractivity contribution < 1.29 is 4.79 Å². The van der Waals surface area contributed by atoms with Crippen LogP contribution in [0.5, 0.6) is 0 Å². The van der Waals surface area contributed by atoms with Gasteiger partial charge in [-0.2, -0.15) is 0 Å². The smallest absolute Gasteiger partial charge is 0.276 e. The van der Waals surface area contributed by atoms with Crippen LogP contribution >= 0.6 is 0 Å². The van der Waals surface area contributed by atoms with Gasteiger partial charge in [-0.3, -0.25) is 4.79 Å². The van der Waals surface area contributed by atoms with Gasteiger partial charge in [0, 0.05) is 13.1 Å². The van der Waals surface area contributed by atoms with Gasteiger partial charge in [-0.25, -0.2) is 4.68 Å². The molecular formula is C23H33N5O. The maximum Gasteiger partial charge on any atom is 0.276 e. The summed E-state index contributed by atoms with van der Waals surface area (Å²) >= 11 is 0. The second-order valence-corrected chi connectivity index (χ2v) is 8.71. The van der Waals surface area contributed by atoms with E-state index >= 15 is 0 Å². The molecule has 2 saturated heterocycles. The number of nitrogens with zero attached hydrogens (tertiary/aromatic N) is 4. The molecule has 29 heavy (non-hydrogen) atoms. The molecule has 0 aliphatic carbocycles. The SMILES string of the molecule is Cc1ccc(CCC2CCN(C(=O)c3nnn(C4CCNCC4)c3C)CC2)cc1. The standard InChI is InChI=1S/C23H33N5O/c1-17-3-5-19(6-4-17)7-8-20-11-15-27(16-12-20)23(29)22-18(2)28(26-25-22)21-9-13-24-14-10-21/h3-6,20-21,24H,7-16H2,1-2H3. The molecule has 2 aromatic rings. The zero-order valence-electron chi connectivity index (χ0n) is 17.7. The fourth-order valence-corrected chi connectivity index (χ4v) is 4.64. The van der Waals surface area contributed by atoms with E-state index in [4.69, 9.17) is 0 Å². The van der Waals surface area contributed by atoms with Crippen molar-refractivity contribution in [3.05, 3.63) is 46.8 Å².